The summed E-state index contributed by atoms with van der Waals surface area (Å²) >= 11 is 0. The molecule has 8 heteroatoms. The Balaban J connectivity index is 1.60. The van der Waals surface area contributed by atoms with Gasteiger partial charge >= 0.3 is 0 Å². The van der Waals surface area contributed by atoms with Gasteiger partial charge in [-0.3, -0.25) is 4.99 Å². The largest absolute Gasteiger partial charge is 0.480 e. The predicted molar refractivity (Wildman–Crippen MR) is 148 cm³/mol. The van der Waals surface area contributed by atoms with Gasteiger partial charge in [-0.05, 0) is 93.6 Å². The maximum absolute atomic E-state index is 13.8. The Bertz CT molecular complexity index is 1620. The molecule has 0 saturated carbocycles. The number of nitrogens with one attached hydrogen (secondary N) is 1. The highest BCUT2D eigenvalue weighted by molar-refractivity contribution is 5.84. The van der Waals surface area contributed by atoms with Crippen molar-refractivity contribution in [2.75, 3.05) is 32.6 Å². The number of pyridine rings is 1. The van der Waals surface area contributed by atoms with Gasteiger partial charge < -0.3 is 19.5 Å². The lowest BCUT2D eigenvalue weighted by Gasteiger charge is -2.27. The van der Waals surface area contributed by atoms with Gasteiger partial charge in [0.25, 0.3) is 0 Å². The van der Waals surface area contributed by atoms with Crippen molar-refractivity contribution in [1.82, 2.24) is 19.4 Å². The fourth-order valence-corrected chi connectivity index (χ4v) is 5.03. The van der Waals surface area contributed by atoms with Gasteiger partial charge in [-0.1, -0.05) is 12.1 Å². The van der Waals surface area contributed by atoms with Gasteiger partial charge in [-0.2, -0.15) is 0 Å². The zero-order chi connectivity index (χ0) is 26.1. The molecule has 0 bridgehead atoms. The second kappa shape index (κ2) is 10.2. The van der Waals surface area contributed by atoms with Crippen molar-refractivity contribution in [3.8, 4) is 23.0 Å². The molecule has 0 atom stereocenters. The number of hydrogen-bond acceptors (Lipinski definition) is 6. The van der Waals surface area contributed by atoms with Crippen LogP contribution in [0.15, 0.2) is 84.0 Å². The molecule has 0 spiro atoms. The first kappa shape index (κ1) is 24.1. The number of likely N-dealkylation sites (tertiary alicyclic amines) is 1. The van der Waals surface area contributed by atoms with E-state index in [2.05, 4.69) is 32.9 Å². The Morgan fingerprint density at radius 2 is 1.76 bits per heavy atom. The minimum Gasteiger partial charge on any atom is -0.480 e. The summed E-state index contributed by atoms with van der Waals surface area (Å²) in [5.41, 5.74) is 5.90. The van der Waals surface area contributed by atoms with Crippen LogP contribution in [0.5, 0.6) is 5.88 Å². The minimum atomic E-state index is -0.271. The predicted octanol–water partition coefficient (Wildman–Crippen LogP) is 5.41. The monoisotopic (exact) mass is 508 g/mol. The molecular weight excluding hydrogens is 479 g/mol. The molecule has 1 aliphatic carbocycles. The van der Waals surface area contributed by atoms with Gasteiger partial charge in [0.2, 0.25) is 5.88 Å². The molecule has 1 fully saturated rings. The Hall–Kier alpha value is -4.30. The molecule has 1 aromatic heterocycles. The normalized spacial score (nSPS) is 15.3. The lowest BCUT2D eigenvalue weighted by atomic mass is 10.1. The van der Waals surface area contributed by atoms with Crippen LogP contribution in [0.2, 0.25) is 0 Å². The van der Waals surface area contributed by atoms with Crippen LogP contribution in [-0.4, -0.2) is 52.7 Å². The van der Waals surface area contributed by atoms with E-state index in [9.17, 15) is 4.39 Å². The number of anilines is 2. The summed E-state index contributed by atoms with van der Waals surface area (Å²) in [6, 6.07) is 22.7. The molecule has 0 radical (unpaired) electrons. The van der Waals surface area contributed by atoms with Crippen LogP contribution in [-0.2, 0) is 0 Å². The summed E-state index contributed by atoms with van der Waals surface area (Å²) in [6.45, 7) is 2.03. The van der Waals surface area contributed by atoms with Gasteiger partial charge in [0.05, 0.1) is 46.6 Å². The third-order valence-corrected chi connectivity index (χ3v) is 7.03. The van der Waals surface area contributed by atoms with Crippen molar-refractivity contribution in [2.45, 2.75) is 18.9 Å². The summed E-state index contributed by atoms with van der Waals surface area (Å²) in [6.07, 6.45) is 3.70. The summed E-state index contributed by atoms with van der Waals surface area (Å²) in [4.78, 5) is 16.9. The average molecular weight is 509 g/mol. The third-order valence-electron chi connectivity index (χ3n) is 7.03. The number of halogens is 1. The fraction of sp³-hybridized carbons (Fsp3) is 0.233. The topological polar surface area (TPSA) is 67.6 Å². The first-order valence-corrected chi connectivity index (χ1v) is 12.8. The Kier molecular flexibility index (Phi) is 6.47. The Morgan fingerprint density at radius 1 is 0.974 bits per heavy atom. The minimum absolute atomic E-state index is 0.215. The first-order valence-electron chi connectivity index (χ1n) is 12.8. The van der Waals surface area contributed by atoms with E-state index in [4.69, 9.17) is 14.7 Å². The van der Waals surface area contributed by atoms with Crippen LogP contribution in [0.1, 0.15) is 12.8 Å². The van der Waals surface area contributed by atoms with Crippen molar-refractivity contribution in [3.05, 3.63) is 90.2 Å². The standard InChI is InChI=1S/C30H29FN6O/c1-36-16-13-21(14-17-36)33-26-19-29-27(18-25(26)35-24-7-5-15-32-30(24)38-2)34-23-6-3-4-8-28(23)37(29)22-11-9-20(31)10-12-22/h3-12,15,18-19,21,35H,13-14,16-17H2,1-2H3. The van der Waals surface area contributed by atoms with E-state index in [0.29, 0.717) is 5.88 Å². The number of para-hydroxylation sites is 2. The van der Waals surface area contributed by atoms with Crippen LogP contribution >= 0.6 is 0 Å². The lowest BCUT2D eigenvalue weighted by Crippen LogP contribution is -2.33. The SMILES string of the molecule is COc1ncccc1Nc1cc2nc3ccccc3n(-c3ccc(F)cc3)c-2cc1=NC1CCN(C)CC1. The number of fused-ring (bicyclic) bond motifs is 2. The second-order valence-corrected chi connectivity index (χ2v) is 9.62. The molecule has 3 aliphatic rings. The van der Waals surface area contributed by atoms with Gasteiger partial charge in [0.1, 0.15) is 11.5 Å². The maximum atomic E-state index is 13.8. The van der Waals surface area contributed by atoms with Crippen LogP contribution in [0, 0.1) is 5.82 Å². The van der Waals surface area contributed by atoms with Crippen LogP contribution < -0.4 is 15.4 Å². The average Bonchev–Trinajstić information content (AvgIpc) is 2.94. The Morgan fingerprint density at radius 3 is 2.55 bits per heavy atom. The Labute approximate surface area is 220 Å². The highest BCUT2D eigenvalue weighted by atomic mass is 19.1. The van der Waals surface area contributed by atoms with Crippen molar-refractivity contribution in [3.63, 3.8) is 0 Å². The van der Waals surface area contributed by atoms with Crippen LogP contribution in [0.4, 0.5) is 15.8 Å². The smallest absolute Gasteiger partial charge is 0.237 e. The molecule has 0 amide bonds. The maximum Gasteiger partial charge on any atom is 0.237 e. The molecule has 6 rings (SSSR count). The summed E-state index contributed by atoms with van der Waals surface area (Å²) in [7, 11) is 3.76. The van der Waals surface area contributed by atoms with Gasteiger partial charge in [-0.15, -0.1) is 0 Å². The van der Waals surface area contributed by atoms with Crippen molar-refractivity contribution in [2.24, 2.45) is 4.99 Å². The number of piperidine rings is 1. The van der Waals surface area contributed by atoms with E-state index in [1.807, 2.05) is 42.5 Å². The van der Waals surface area contributed by atoms with E-state index < -0.39 is 0 Å². The molecule has 0 unspecified atom stereocenters. The lowest BCUT2D eigenvalue weighted by molar-refractivity contribution is 0.255. The first-order chi connectivity index (χ1) is 18.6. The molecule has 7 nitrogen and oxygen atoms in total. The number of benzene rings is 3. The molecule has 1 N–H and O–H groups in total. The summed E-state index contributed by atoms with van der Waals surface area (Å²) < 4.78 is 21.5. The quantitative estimate of drug-likeness (QED) is 0.322. The van der Waals surface area contributed by atoms with Gasteiger partial charge in [0.15, 0.2) is 0 Å². The number of methoxy groups -OCH3 is 1. The van der Waals surface area contributed by atoms with E-state index in [1.165, 1.54) is 12.1 Å². The van der Waals surface area contributed by atoms with Crippen molar-refractivity contribution < 1.29 is 9.13 Å². The molecular formula is C30H29FN6O. The second-order valence-electron chi connectivity index (χ2n) is 9.62. The third kappa shape index (κ3) is 4.70. The van der Waals surface area contributed by atoms with Crippen molar-refractivity contribution in [1.29, 1.82) is 0 Å². The van der Waals surface area contributed by atoms with Crippen LogP contribution in [0.3, 0.4) is 0 Å². The molecule has 192 valence electrons. The van der Waals surface area contributed by atoms with E-state index >= 15 is 0 Å². The molecule has 2 aliphatic heterocycles. The number of aromatic nitrogens is 3. The van der Waals surface area contributed by atoms with Gasteiger partial charge in [-0.25, -0.2) is 14.4 Å². The van der Waals surface area contributed by atoms with E-state index in [-0.39, 0.29) is 11.9 Å². The van der Waals surface area contributed by atoms with Crippen LogP contribution in [0.25, 0.3) is 28.1 Å². The highest BCUT2D eigenvalue weighted by Gasteiger charge is 2.20. The molecule has 38 heavy (non-hydrogen) atoms. The summed E-state index contributed by atoms with van der Waals surface area (Å²) in [5, 5.41) is 4.35. The molecule has 1 saturated heterocycles. The number of ether oxygens (including phenoxy) is 1. The zero-order valence-electron chi connectivity index (χ0n) is 21.4. The highest BCUT2D eigenvalue weighted by Crippen LogP contribution is 2.31. The summed E-state index contributed by atoms with van der Waals surface area (Å²) in [5.74, 6) is 0.234. The van der Waals surface area contributed by atoms with Crippen molar-refractivity contribution >= 4 is 22.4 Å². The fourth-order valence-electron chi connectivity index (χ4n) is 5.03. The van der Waals surface area contributed by atoms with Gasteiger partial charge in [0, 0.05) is 11.9 Å². The molecule has 3 heterocycles. The molecule has 2 aromatic carbocycles. The number of rotatable bonds is 5. The number of nitrogens with zero attached hydrogens (tertiary/aromatic N) is 5. The number of hydrogen-bond donors (Lipinski definition) is 1. The zero-order valence-corrected chi connectivity index (χ0v) is 21.4. The van der Waals surface area contributed by atoms with E-state index in [1.54, 1.807) is 25.4 Å². The molecule has 3 aromatic rings. The van der Waals surface area contributed by atoms with E-state index in [0.717, 1.165) is 70.8 Å².